The molecule has 0 atom stereocenters. The average molecular weight is 329 g/mol. The summed E-state index contributed by atoms with van der Waals surface area (Å²) < 4.78 is 1.77. The zero-order valence-electron chi connectivity index (χ0n) is 12.5. The lowest BCUT2D eigenvalue weighted by Gasteiger charge is -2.02. The number of pyridine rings is 1. The Hall–Kier alpha value is -3.12. The Morgan fingerprint density at radius 1 is 0.833 bits per heavy atom. The molecule has 0 unspecified atom stereocenters. The van der Waals surface area contributed by atoms with Gasteiger partial charge in [-0.15, -0.1) is 10.2 Å². The van der Waals surface area contributed by atoms with E-state index < -0.39 is 0 Å². The van der Waals surface area contributed by atoms with Crippen LogP contribution in [-0.4, -0.2) is 24.8 Å². The molecule has 0 aliphatic rings. The maximum Gasteiger partial charge on any atom is 0.235 e. The van der Waals surface area contributed by atoms with E-state index in [1.165, 1.54) is 22.1 Å². The number of benzene rings is 2. The minimum Gasteiger partial charge on any atom is -0.253 e. The van der Waals surface area contributed by atoms with Crippen LogP contribution in [0.4, 0.5) is 0 Å². The van der Waals surface area contributed by atoms with Crippen LogP contribution in [0.3, 0.4) is 0 Å². The van der Waals surface area contributed by atoms with Crippen molar-refractivity contribution in [1.82, 2.24) is 24.8 Å². The average Bonchev–Trinajstić information content (AvgIpc) is 3.22. The fourth-order valence-corrected chi connectivity index (χ4v) is 3.67. The molecule has 5 rings (SSSR count). The summed E-state index contributed by atoms with van der Waals surface area (Å²) >= 11 is 1.53. The van der Waals surface area contributed by atoms with Crippen molar-refractivity contribution in [3.8, 4) is 22.1 Å². The molecule has 2 aromatic carbocycles. The van der Waals surface area contributed by atoms with E-state index in [2.05, 4.69) is 45.5 Å². The zero-order valence-corrected chi connectivity index (χ0v) is 13.3. The molecule has 0 amide bonds. The van der Waals surface area contributed by atoms with Gasteiger partial charge in [0.2, 0.25) is 10.8 Å². The molecule has 0 saturated heterocycles. The summed E-state index contributed by atoms with van der Waals surface area (Å²) in [7, 11) is 0. The van der Waals surface area contributed by atoms with Gasteiger partial charge < -0.3 is 0 Å². The van der Waals surface area contributed by atoms with E-state index in [-0.39, 0.29) is 0 Å². The molecule has 0 radical (unpaired) electrons. The summed E-state index contributed by atoms with van der Waals surface area (Å²) in [6, 6.07) is 20.3. The number of hydrogen-bond acceptors (Lipinski definition) is 5. The van der Waals surface area contributed by atoms with Gasteiger partial charge in [0.15, 0.2) is 0 Å². The van der Waals surface area contributed by atoms with Crippen LogP contribution in [0.1, 0.15) is 0 Å². The summed E-state index contributed by atoms with van der Waals surface area (Å²) in [6.45, 7) is 0. The molecule has 3 aromatic heterocycles. The maximum absolute atomic E-state index is 4.74. The quantitative estimate of drug-likeness (QED) is 0.490. The minimum atomic E-state index is 0.660. The van der Waals surface area contributed by atoms with Crippen LogP contribution in [0, 0.1) is 0 Å². The molecule has 0 saturated carbocycles. The molecule has 5 nitrogen and oxygen atoms in total. The minimum absolute atomic E-state index is 0.660. The third-order valence-corrected chi connectivity index (χ3v) is 4.84. The summed E-state index contributed by atoms with van der Waals surface area (Å²) in [5.74, 6) is 0.660. The van der Waals surface area contributed by atoms with Crippen LogP contribution in [-0.2, 0) is 0 Å². The molecule has 0 bridgehead atoms. The third-order valence-electron chi connectivity index (χ3n) is 3.90. The molecular formula is C18H11N5S. The van der Waals surface area contributed by atoms with Crippen molar-refractivity contribution < 1.29 is 0 Å². The molecule has 114 valence electrons. The van der Waals surface area contributed by atoms with Gasteiger partial charge in [0.25, 0.3) is 0 Å². The molecule has 5 aromatic rings. The molecule has 0 N–H and O–H groups in total. The van der Waals surface area contributed by atoms with Gasteiger partial charge in [-0.3, -0.25) is 4.98 Å². The highest BCUT2D eigenvalue weighted by molar-refractivity contribution is 7.19. The summed E-state index contributed by atoms with van der Waals surface area (Å²) in [5, 5.41) is 16.5. The van der Waals surface area contributed by atoms with Crippen molar-refractivity contribution >= 4 is 27.1 Å². The third kappa shape index (κ3) is 2.00. The normalized spacial score (nSPS) is 11.3. The largest absolute Gasteiger partial charge is 0.253 e. The molecule has 0 spiro atoms. The lowest BCUT2D eigenvalue weighted by atomic mass is 10.1. The highest BCUT2D eigenvalue weighted by atomic mass is 32.1. The van der Waals surface area contributed by atoms with Crippen LogP contribution in [0.2, 0.25) is 0 Å². The second-order valence-corrected chi connectivity index (χ2v) is 6.32. The molecule has 0 aliphatic heterocycles. The number of hydrogen-bond donors (Lipinski definition) is 0. The Labute approximate surface area is 141 Å². The first-order valence-electron chi connectivity index (χ1n) is 7.52. The molecule has 0 aliphatic carbocycles. The standard InChI is InChI=1S/C18H11N5S/c1-2-8-13-12(6-1)7-5-9-14(13)17-22-23-16(20-21-18(23)24-17)15-10-3-4-11-19-15/h1-11H. The van der Waals surface area contributed by atoms with Crippen molar-refractivity contribution in [2.75, 3.05) is 0 Å². The van der Waals surface area contributed by atoms with Gasteiger partial charge >= 0.3 is 0 Å². The highest BCUT2D eigenvalue weighted by Crippen LogP contribution is 2.32. The molecule has 3 heterocycles. The van der Waals surface area contributed by atoms with E-state index in [1.807, 2.05) is 30.3 Å². The second-order valence-electron chi connectivity index (χ2n) is 5.37. The fraction of sp³-hybridized carbons (Fsp3) is 0. The molecule has 6 heteroatoms. The number of rotatable bonds is 2. The number of nitrogens with zero attached hydrogens (tertiary/aromatic N) is 5. The Balaban J connectivity index is 1.73. The van der Waals surface area contributed by atoms with Crippen molar-refractivity contribution in [2.24, 2.45) is 0 Å². The van der Waals surface area contributed by atoms with E-state index in [1.54, 1.807) is 10.7 Å². The van der Waals surface area contributed by atoms with Gasteiger partial charge in [0, 0.05) is 11.8 Å². The van der Waals surface area contributed by atoms with E-state index in [9.17, 15) is 0 Å². The van der Waals surface area contributed by atoms with Crippen molar-refractivity contribution in [2.45, 2.75) is 0 Å². The Morgan fingerprint density at radius 2 is 1.71 bits per heavy atom. The monoisotopic (exact) mass is 329 g/mol. The smallest absolute Gasteiger partial charge is 0.235 e. The lowest BCUT2D eigenvalue weighted by molar-refractivity contribution is 0.962. The zero-order chi connectivity index (χ0) is 15.9. The van der Waals surface area contributed by atoms with Gasteiger partial charge in [0.05, 0.1) is 0 Å². The molecule has 0 fully saturated rings. The van der Waals surface area contributed by atoms with Crippen LogP contribution in [0.5, 0.6) is 0 Å². The summed E-state index contributed by atoms with van der Waals surface area (Å²) in [4.78, 5) is 5.11. The van der Waals surface area contributed by atoms with Crippen LogP contribution >= 0.6 is 11.3 Å². The Morgan fingerprint density at radius 3 is 2.62 bits per heavy atom. The van der Waals surface area contributed by atoms with E-state index in [0.29, 0.717) is 5.82 Å². The first kappa shape index (κ1) is 13.3. The van der Waals surface area contributed by atoms with E-state index >= 15 is 0 Å². The van der Waals surface area contributed by atoms with Crippen LogP contribution in [0.15, 0.2) is 66.9 Å². The molecule has 24 heavy (non-hydrogen) atoms. The van der Waals surface area contributed by atoms with Gasteiger partial charge in [-0.25, -0.2) is 0 Å². The molecular weight excluding hydrogens is 318 g/mol. The van der Waals surface area contributed by atoms with E-state index in [0.717, 1.165) is 21.2 Å². The van der Waals surface area contributed by atoms with Gasteiger partial charge in [-0.1, -0.05) is 59.9 Å². The first-order chi connectivity index (χ1) is 11.9. The summed E-state index contributed by atoms with van der Waals surface area (Å²) in [6.07, 6.45) is 1.74. The lowest BCUT2D eigenvalue weighted by Crippen LogP contribution is -1.92. The van der Waals surface area contributed by atoms with Crippen molar-refractivity contribution in [3.63, 3.8) is 0 Å². The number of aromatic nitrogens is 5. The Bertz CT molecular complexity index is 1150. The SMILES string of the molecule is c1ccc(-c2nnc3sc(-c4cccc5ccccc45)nn23)nc1. The van der Waals surface area contributed by atoms with E-state index in [4.69, 9.17) is 5.10 Å². The number of fused-ring (bicyclic) bond motifs is 2. The fourth-order valence-electron chi connectivity index (χ4n) is 2.79. The first-order valence-corrected chi connectivity index (χ1v) is 8.33. The van der Waals surface area contributed by atoms with Crippen molar-refractivity contribution in [1.29, 1.82) is 0 Å². The van der Waals surface area contributed by atoms with Crippen LogP contribution < -0.4 is 0 Å². The topological polar surface area (TPSA) is 56.0 Å². The van der Waals surface area contributed by atoms with Gasteiger partial charge in [-0.2, -0.15) is 9.61 Å². The van der Waals surface area contributed by atoms with Gasteiger partial charge in [-0.05, 0) is 22.9 Å². The predicted molar refractivity (Wildman–Crippen MR) is 94.8 cm³/mol. The highest BCUT2D eigenvalue weighted by Gasteiger charge is 2.16. The summed E-state index contributed by atoms with van der Waals surface area (Å²) in [5.41, 5.74) is 1.87. The maximum atomic E-state index is 4.74. The predicted octanol–water partition coefficient (Wildman–Crippen LogP) is 4.07. The van der Waals surface area contributed by atoms with Crippen molar-refractivity contribution in [3.05, 3.63) is 66.9 Å². The second kappa shape index (κ2) is 5.21. The Kier molecular flexibility index (Phi) is 2.89. The van der Waals surface area contributed by atoms with Gasteiger partial charge in [0.1, 0.15) is 10.7 Å². The van der Waals surface area contributed by atoms with Crippen LogP contribution in [0.25, 0.3) is 37.8 Å².